The van der Waals surface area contributed by atoms with Gasteiger partial charge in [0.05, 0.1) is 5.92 Å². The molecule has 0 bridgehead atoms. The smallest absolute Gasteiger partial charge is 0.228 e. The molecule has 0 radical (unpaired) electrons. The number of hydrogen-bond acceptors (Lipinski definition) is 3. The number of benzene rings is 1. The number of carbonyl (C=O) groups excluding carboxylic acids is 1. The summed E-state index contributed by atoms with van der Waals surface area (Å²) in [4.78, 5) is 12.0. The van der Waals surface area contributed by atoms with Crippen LogP contribution in [0.25, 0.3) is 0 Å². The van der Waals surface area contributed by atoms with E-state index in [0.717, 1.165) is 5.56 Å². The number of nitrogens with two attached hydrogens (primary N) is 1. The van der Waals surface area contributed by atoms with Gasteiger partial charge in [-0.05, 0) is 5.56 Å². The average Bonchev–Trinajstić information content (AvgIpc) is 2.40. The molecular weight excluding hydrogens is 248 g/mol. The Morgan fingerprint density at radius 2 is 2.06 bits per heavy atom. The van der Waals surface area contributed by atoms with Crippen molar-refractivity contribution in [2.45, 2.75) is 12.8 Å². The van der Waals surface area contributed by atoms with Crippen LogP contribution >= 0.6 is 0 Å². The Labute approximate surface area is 110 Å². The summed E-state index contributed by atoms with van der Waals surface area (Å²) >= 11 is 0. The standard InChI is InChI=1S/C13H20N2O2S/c1-2-18(17)9-8-15-13(16)12(10-14)11-6-4-3-5-7-11/h3-7,12H,2,8-10,14H2,1H3,(H,15,16). The van der Waals surface area contributed by atoms with Crippen molar-refractivity contribution in [3.63, 3.8) is 0 Å². The molecule has 2 atom stereocenters. The molecule has 0 aliphatic carbocycles. The first-order valence-electron chi connectivity index (χ1n) is 6.06. The van der Waals surface area contributed by atoms with E-state index in [1.807, 2.05) is 37.3 Å². The molecule has 1 amide bonds. The summed E-state index contributed by atoms with van der Waals surface area (Å²) < 4.78 is 11.2. The third-order valence-corrected chi connectivity index (χ3v) is 4.01. The second-order valence-corrected chi connectivity index (χ2v) is 5.79. The number of hydrogen-bond donors (Lipinski definition) is 2. The van der Waals surface area contributed by atoms with Crippen LogP contribution in [0.5, 0.6) is 0 Å². The summed E-state index contributed by atoms with van der Waals surface area (Å²) in [5.41, 5.74) is 6.55. The van der Waals surface area contributed by atoms with Crippen LogP contribution in [0.2, 0.25) is 0 Å². The lowest BCUT2D eigenvalue weighted by Gasteiger charge is -2.15. The predicted octanol–water partition coefficient (Wildman–Crippen LogP) is 0.614. The lowest BCUT2D eigenvalue weighted by atomic mass is 9.98. The third-order valence-electron chi connectivity index (χ3n) is 2.71. The highest BCUT2D eigenvalue weighted by Gasteiger charge is 2.18. The lowest BCUT2D eigenvalue weighted by Crippen LogP contribution is -2.35. The Morgan fingerprint density at radius 3 is 2.61 bits per heavy atom. The van der Waals surface area contributed by atoms with Crippen molar-refractivity contribution in [2.75, 3.05) is 24.6 Å². The van der Waals surface area contributed by atoms with E-state index in [-0.39, 0.29) is 18.4 Å². The second-order valence-electron chi connectivity index (χ2n) is 3.92. The van der Waals surface area contributed by atoms with Crippen molar-refractivity contribution in [3.8, 4) is 0 Å². The van der Waals surface area contributed by atoms with E-state index in [4.69, 9.17) is 5.73 Å². The highest BCUT2D eigenvalue weighted by molar-refractivity contribution is 7.84. The van der Waals surface area contributed by atoms with Gasteiger partial charge in [0.2, 0.25) is 5.91 Å². The molecule has 3 N–H and O–H groups in total. The number of rotatable bonds is 7. The summed E-state index contributed by atoms with van der Waals surface area (Å²) in [6.45, 7) is 2.57. The fourth-order valence-electron chi connectivity index (χ4n) is 1.64. The monoisotopic (exact) mass is 268 g/mol. The Morgan fingerprint density at radius 1 is 1.39 bits per heavy atom. The molecule has 0 saturated carbocycles. The summed E-state index contributed by atoms with van der Waals surface area (Å²) in [6, 6.07) is 9.46. The predicted molar refractivity (Wildman–Crippen MR) is 74.8 cm³/mol. The molecule has 100 valence electrons. The Hall–Kier alpha value is -1.20. The molecule has 0 saturated heterocycles. The van der Waals surface area contributed by atoms with Crippen molar-refractivity contribution in [1.82, 2.24) is 5.32 Å². The second kappa shape index (κ2) is 8.00. The molecule has 1 aromatic carbocycles. The number of nitrogens with one attached hydrogen (secondary N) is 1. The summed E-state index contributed by atoms with van der Waals surface area (Å²) in [7, 11) is -0.849. The van der Waals surface area contributed by atoms with E-state index >= 15 is 0 Å². The molecule has 0 spiro atoms. The molecule has 18 heavy (non-hydrogen) atoms. The van der Waals surface area contributed by atoms with Crippen LogP contribution in [0.1, 0.15) is 18.4 Å². The fraction of sp³-hybridized carbons (Fsp3) is 0.462. The van der Waals surface area contributed by atoms with Gasteiger partial charge in [-0.1, -0.05) is 37.3 Å². The van der Waals surface area contributed by atoms with Crippen LogP contribution in [0, 0.1) is 0 Å². The van der Waals surface area contributed by atoms with Crippen molar-refractivity contribution in [1.29, 1.82) is 0 Å². The molecule has 5 heteroatoms. The number of carbonyl (C=O) groups is 1. The summed E-state index contributed by atoms with van der Waals surface area (Å²) in [6.07, 6.45) is 0. The Kier molecular flexibility index (Phi) is 6.60. The van der Waals surface area contributed by atoms with Crippen LogP contribution in [0.15, 0.2) is 30.3 Å². The zero-order valence-electron chi connectivity index (χ0n) is 10.6. The van der Waals surface area contributed by atoms with Gasteiger partial charge >= 0.3 is 0 Å². The van der Waals surface area contributed by atoms with Crippen molar-refractivity contribution in [2.24, 2.45) is 5.73 Å². The maximum atomic E-state index is 12.0. The Balaban J connectivity index is 2.51. The SMILES string of the molecule is CCS(=O)CCNC(=O)C(CN)c1ccccc1. The first-order chi connectivity index (χ1) is 8.69. The van der Waals surface area contributed by atoms with Gasteiger partial charge in [-0.3, -0.25) is 9.00 Å². The van der Waals surface area contributed by atoms with Gasteiger partial charge in [-0.25, -0.2) is 0 Å². The van der Waals surface area contributed by atoms with E-state index in [1.165, 1.54) is 0 Å². The van der Waals surface area contributed by atoms with Crippen molar-refractivity contribution >= 4 is 16.7 Å². The summed E-state index contributed by atoms with van der Waals surface area (Å²) in [5.74, 6) is 0.682. The quantitative estimate of drug-likeness (QED) is 0.761. The van der Waals surface area contributed by atoms with Crippen molar-refractivity contribution < 1.29 is 9.00 Å². The van der Waals surface area contributed by atoms with Gasteiger partial charge in [0.1, 0.15) is 0 Å². The average molecular weight is 268 g/mol. The molecular formula is C13H20N2O2S. The van der Waals surface area contributed by atoms with Gasteiger partial charge in [-0.2, -0.15) is 0 Å². The highest BCUT2D eigenvalue weighted by atomic mass is 32.2. The first kappa shape index (κ1) is 14.9. The van der Waals surface area contributed by atoms with Gasteiger partial charge in [0, 0.05) is 35.4 Å². The molecule has 0 aliphatic rings. The van der Waals surface area contributed by atoms with Crippen molar-refractivity contribution in [3.05, 3.63) is 35.9 Å². The molecule has 0 aromatic heterocycles. The minimum Gasteiger partial charge on any atom is -0.355 e. The molecule has 1 rings (SSSR count). The van der Waals surface area contributed by atoms with Gasteiger partial charge in [0.15, 0.2) is 0 Å². The number of amides is 1. The largest absolute Gasteiger partial charge is 0.355 e. The maximum Gasteiger partial charge on any atom is 0.228 e. The molecule has 4 nitrogen and oxygen atoms in total. The van der Waals surface area contributed by atoms with E-state index < -0.39 is 10.8 Å². The molecule has 0 aliphatic heterocycles. The Bertz CT molecular complexity index is 395. The lowest BCUT2D eigenvalue weighted by molar-refractivity contribution is -0.122. The highest BCUT2D eigenvalue weighted by Crippen LogP contribution is 2.13. The van der Waals surface area contributed by atoms with Crippen LogP contribution in [0.4, 0.5) is 0 Å². The molecule has 0 heterocycles. The van der Waals surface area contributed by atoms with Crippen LogP contribution in [-0.2, 0) is 15.6 Å². The normalized spacial score (nSPS) is 13.9. The van der Waals surface area contributed by atoms with Gasteiger partial charge in [0.25, 0.3) is 0 Å². The van der Waals surface area contributed by atoms with Crippen LogP contribution in [0.3, 0.4) is 0 Å². The topological polar surface area (TPSA) is 72.2 Å². The van der Waals surface area contributed by atoms with E-state index in [9.17, 15) is 9.00 Å². The first-order valence-corrected chi connectivity index (χ1v) is 7.55. The minimum atomic E-state index is -0.849. The van der Waals surface area contributed by atoms with Gasteiger partial charge in [-0.15, -0.1) is 0 Å². The maximum absolute atomic E-state index is 12.0. The fourth-order valence-corrected chi connectivity index (χ4v) is 2.25. The summed E-state index contributed by atoms with van der Waals surface area (Å²) in [5, 5.41) is 2.79. The third kappa shape index (κ3) is 4.58. The van der Waals surface area contributed by atoms with E-state index in [1.54, 1.807) is 0 Å². The van der Waals surface area contributed by atoms with E-state index in [0.29, 0.717) is 18.1 Å². The van der Waals surface area contributed by atoms with Crippen LogP contribution < -0.4 is 11.1 Å². The molecule has 1 aromatic rings. The van der Waals surface area contributed by atoms with Crippen LogP contribution in [-0.4, -0.2) is 34.7 Å². The minimum absolute atomic E-state index is 0.100. The zero-order valence-corrected chi connectivity index (χ0v) is 11.4. The van der Waals surface area contributed by atoms with E-state index in [2.05, 4.69) is 5.32 Å². The molecule has 0 fully saturated rings. The molecule has 2 unspecified atom stereocenters. The zero-order chi connectivity index (χ0) is 13.4. The van der Waals surface area contributed by atoms with Gasteiger partial charge < -0.3 is 11.1 Å².